The van der Waals surface area contributed by atoms with Crippen LogP contribution in [0.2, 0.25) is 0 Å². The van der Waals surface area contributed by atoms with Gasteiger partial charge in [0.15, 0.2) is 0 Å². The average molecular weight is 386 g/mol. The molecule has 1 aromatic heterocycles. The van der Waals surface area contributed by atoms with Crippen LogP contribution in [0.5, 0.6) is 0 Å². The molecule has 1 aromatic rings. The topological polar surface area (TPSA) is 62.6 Å². The van der Waals surface area contributed by atoms with Gasteiger partial charge < -0.3 is 14.4 Å². The van der Waals surface area contributed by atoms with Crippen molar-refractivity contribution < 1.29 is 9.59 Å². The van der Waals surface area contributed by atoms with Gasteiger partial charge >= 0.3 is 0 Å². The number of carbonyl (C=O) groups is 2. The van der Waals surface area contributed by atoms with Gasteiger partial charge in [0, 0.05) is 43.8 Å². The fourth-order valence-electron chi connectivity index (χ4n) is 5.15. The number of hydrogen-bond donors (Lipinski definition) is 0. The Kier molecular flexibility index (Phi) is 5.06. The van der Waals surface area contributed by atoms with Crippen LogP contribution in [0.15, 0.2) is 10.9 Å². The smallest absolute Gasteiger partial charge is 0.263 e. The van der Waals surface area contributed by atoms with Gasteiger partial charge in [0.1, 0.15) is 5.56 Å². The van der Waals surface area contributed by atoms with Crippen LogP contribution < -0.4 is 5.56 Å². The molecule has 4 heterocycles. The molecule has 28 heavy (non-hydrogen) atoms. The SMILES string of the molecule is CCn1c(C)cc(C)c(C(=O)N2C[C@H]3CC[C@@H]2CN(C(=O)C2CCC2)C3)c1=O. The number of fused-ring (bicyclic) bond motifs is 4. The van der Waals surface area contributed by atoms with Crippen LogP contribution in [0.25, 0.3) is 0 Å². The molecule has 0 radical (unpaired) electrons. The summed E-state index contributed by atoms with van der Waals surface area (Å²) in [7, 11) is 0. The lowest BCUT2D eigenvalue weighted by Gasteiger charge is -2.36. The van der Waals surface area contributed by atoms with Crippen molar-refractivity contribution >= 4 is 11.8 Å². The third kappa shape index (κ3) is 3.16. The van der Waals surface area contributed by atoms with Crippen LogP contribution in [0.1, 0.15) is 60.6 Å². The molecule has 1 aliphatic carbocycles. The molecule has 4 fully saturated rings. The molecule has 2 atom stereocenters. The molecule has 5 rings (SSSR count). The first kappa shape index (κ1) is 19.2. The first-order chi connectivity index (χ1) is 13.4. The van der Waals surface area contributed by atoms with Crippen molar-refractivity contribution in [2.45, 2.75) is 65.5 Å². The molecular formula is C22H31N3O3. The van der Waals surface area contributed by atoms with Gasteiger partial charge in [0.25, 0.3) is 11.5 Å². The predicted octanol–water partition coefficient (Wildman–Crippen LogP) is 2.35. The number of rotatable bonds is 3. The number of amides is 2. The van der Waals surface area contributed by atoms with Gasteiger partial charge in [0.2, 0.25) is 5.91 Å². The zero-order chi connectivity index (χ0) is 20.0. The maximum absolute atomic E-state index is 13.5. The molecule has 3 saturated heterocycles. The number of nitrogens with zero attached hydrogens (tertiary/aromatic N) is 3. The van der Waals surface area contributed by atoms with E-state index < -0.39 is 0 Å². The monoisotopic (exact) mass is 385 g/mol. The zero-order valence-corrected chi connectivity index (χ0v) is 17.2. The second-order valence-electron chi connectivity index (χ2n) is 8.82. The second-order valence-corrected chi connectivity index (χ2v) is 8.82. The average Bonchev–Trinajstić information content (AvgIpc) is 2.92. The van der Waals surface area contributed by atoms with E-state index in [1.807, 2.05) is 36.6 Å². The first-order valence-corrected chi connectivity index (χ1v) is 10.7. The fourth-order valence-corrected chi connectivity index (χ4v) is 5.15. The Hall–Kier alpha value is -2.11. The molecule has 1 saturated carbocycles. The Bertz CT molecular complexity index is 855. The standard InChI is InChI=1S/C22H31N3O3/c1-4-24-15(3)10-14(2)19(21(24)27)22(28)25-12-16-8-9-18(25)13-23(11-16)20(26)17-6-5-7-17/h10,16-18H,4-9,11-13H2,1-3H3/t16-,18+/m0/s1. The minimum atomic E-state index is -0.187. The zero-order valence-electron chi connectivity index (χ0n) is 17.2. The summed E-state index contributed by atoms with van der Waals surface area (Å²) in [6, 6.07) is 1.95. The summed E-state index contributed by atoms with van der Waals surface area (Å²) in [4.78, 5) is 43.1. The maximum atomic E-state index is 13.5. The lowest BCUT2D eigenvalue weighted by atomic mass is 9.84. The van der Waals surface area contributed by atoms with Gasteiger partial charge in [-0.15, -0.1) is 0 Å². The number of carbonyl (C=O) groups excluding carboxylic acids is 2. The Morgan fingerprint density at radius 3 is 2.46 bits per heavy atom. The van der Waals surface area contributed by atoms with Crippen molar-refractivity contribution in [3.05, 3.63) is 33.2 Å². The van der Waals surface area contributed by atoms with Gasteiger partial charge in [0.05, 0.1) is 0 Å². The van der Waals surface area contributed by atoms with Gasteiger partial charge in [-0.25, -0.2) is 0 Å². The van der Waals surface area contributed by atoms with E-state index in [0.717, 1.165) is 49.9 Å². The Balaban J connectivity index is 1.61. The third-order valence-corrected chi connectivity index (χ3v) is 6.98. The fraction of sp³-hybridized carbons (Fsp3) is 0.682. The van der Waals surface area contributed by atoms with Crippen molar-refractivity contribution in [1.82, 2.24) is 14.4 Å². The van der Waals surface area contributed by atoms with E-state index in [2.05, 4.69) is 0 Å². The maximum Gasteiger partial charge on any atom is 0.263 e. The minimum absolute atomic E-state index is 0.0189. The summed E-state index contributed by atoms with van der Waals surface area (Å²) in [5.74, 6) is 0.623. The molecule has 0 N–H and O–H groups in total. The summed E-state index contributed by atoms with van der Waals surface area (Å²) in [5.41, 5.74) is 1.75. The number of piperidine rings is 1. The van der Waals surface area contributed by atoms with E-state index in [-0.39, 0.29) is 29.3 Å². The van der Waals surface area contributed by atoms with Crippen molar-refractivity contribution in [3.8, 4) is 0 Å². The summed E-state index contributed by atoms with van der Waals surface area (Å²) in [6.45, 7) is 8.26. The summed E-state index contributed by atoms with van der Waals surface area (Å²) in [6.07, 6.45) is 5.13. The van der Waals surface area contributed by atoms with Crippen LogP contribution in [0.3, 0.4) is 0 Å². The van der Waals surface area contributed by atoms with E-state index in [9.17, 15) is 14.4 Å². The van der Waals surface area contributed by atoms with E-state index in [1.165, 1.54) is 0 Å². The van der Waals surface area contributed by atoms with Crippen LogP contribution >= 0.6 is 0 Å². The number of hydrogen-bond acceptors (Lipinski definition) is 3. The highest BCUT2D eigenvalue weighted by Gasteiger charge is 2.41. The van der Waals surface area contributed by atoms with E-state index in [1.54, 1.807) is 4.57 Å². The van der Waals surface area contributed by atoms with Crippen molar-refractivity contribution in [2.75, 3.05) is 19.6 Å². The largest absolute Gasteiger partial charge is 0.340 e. The molecule has 4 aliphatic rings. The Labute approximate surface area is 166 Å². The van der Waals surface area contributed by atoms with Crippen molar-refractivity contribution in [2.24, 2.45) is 11.8 Å². The van der Waals surface area contributed by atoms with Gasteiger partial charge in [-0.1, -0.05) is 6.42 Å². The van der Waals surface area contributed by atoms with Crippen LogP contribution in [0, 0.1) is 25.7 Å². The van der Waals surface area contributed by atoms with Gasteiger partial charge in [-0.3, -0.25) is 14.4 Å². The molecule has 2 amide bonds. The molecule has 2 bridgehead atoms. The molecule has 6 heteroatoms. The van der Waals surface area contributed by atoms with Crippen molar-refractivity contribution in [1.29, 1.82) is 0 Å². The molecular weight excluding hydrogens is 354 g/mol. The second kappa shape index (κ2) is 7.37. The molecule has 0 unspecified atom stereocenters. The number of aromatic nitrogens is 1. The molecule has 6 nitrogen and oxygen atoms in total. The first-order valence-electron chi connectivity index (χ1n) is 10.7. The third-order valence-electron chi connectivity index (χ3n) is 6.98. The molecule has 0 aromatic carbocycles. The Morgan fingerprint density at radius 2 is 1.82 bits per heavy atom. The predicted molar refractivity (Wildman–Crippen MR) is 107 cm³/mol. The lowest BCUT2D eigenvalue weighted by molar-refractivity contribution is -0.138. The molecule has 152 valence electrons. The summed E-state index contributed by atoms with van der Waals surface area (Å²) < 4.78 is 1.67. The normalized spacial score (nSPS) is 24.8. The Morgan fingerprint density at radius 1 is 1.07 bits per heavy atom. The summed E-state index contributed by atoms with van der Waals surface area (Å²) >= 11 is 0. The van der Waals surface area contributed by atoms with Gasteiger partial charge in [-0.2, -0.15) is 0 Å². The quantitative estimate of drug-likeness (QED) is 0.802. The molecule has 3 aliphatic heterocycles. The highest BCUT2D eigenvalue weighted by molar-refractivity contribution is 5.95. The van der Waals surface area contributed by atoms with Crippen molar-refractivity contribution in [3.63, 3.8) is 0 Å². The number of aryl methyl sites for hydroxylation is 2. The van der Waals surface area contributed by atoms with E-state index in [0.29, 0.717) is 31.1 Å². The van der Waals surface area contributed by atoms with Crippen LogP contribution in [-0.4, -0.2) is 51.9 Å². The molecule has 0 spiro atoms. The van der Waals surface area contributed by atoms with E-state index in [4.69, 9.17) is 0 Å². The van der Waals surface area contributed by atoms with Crippen LogP contribution in [0.4, 0.5) is 0 Å². The minimum Gasteiger partial charge on any atom is -0.340 e. The summed E-state index contributed by atoms with van der Waals surface area (Å²) in [5, 5.41) is 0. The van der Waals surface area contributed by atoms with Gasteiger partial charge in [-0.05, 0) is 64.0 Å². The lowest BCUT2D eigenvalue weighted by Crippen LogP contribution is -2.50. The highest BCUT2D eigenvalue weighted by Crippen LogP contribution is 2.33. The van der Waals surface area contributed by atoms with Crippen LogP contribution in [-0.2, 0) is 11.3 Å². The highest BCUT2D eigenvalue weighted by atomic mass is 16.2. The van der Waals surface area contributed by atoms with E-state index >= 15 is 0 Å². The number of pyridine rings is 1.